The molecule has 1 saturated heterocycles. The van der Waals surface area contributed by atoms with E-state index in [9.17, 15) is 9.50 Å². The van der Waals surface area contributed by atoms with Crippen LogP contribution in [0.2, 0.25) is 0 Å². The molecule has 152 valence electrons. The average Bonchev–Trinajstić information content (AvgIpc) is 2.64. The van der Waals surface area contributed by atoms with E-state index in [1.165, 1.54) is 18.6 Å². The SMILES string of the molecule is CCNC(=NCC(O)c1ccc(F)cc1)NC1C2CCCOC2C1(C)C.I. The molecule has 2 fully saturated rings. The van der Waals surface area contributed by atoms with Crippen LogP contribution >= 0.6 is 24.0 Å². The summed E-state index contributed by atoms with van der Waals surface area (Å²) in [6.07, 6.45) is 1.82. The van der Waals surface area contributed by atoms with Crippen LogP contribution in [0.25, 0.3) is 0 Å². The van der Waals surface area contributed by atoms with Crippen LogP contribution in [0.4, 0.5) is 4.39 Å². The van der Waals surface area contributed by atoms with Crippen LogP contribution in [0.1, 0.15) is 45.3 Å². The van der Waals surface area contributed by atoms with Gasteiger partial charge in [-0.2, -0.15) is 0 Å². The van der Waals surface area contributed by atoms with Gasteiger partial charge < -0.3 is 20.5 Å². The molecule has 1 aromatic rings. The number of nitrogens with zero attached hydrogens (tertiary/aromatic N) is 1. The van der Waals surface area contributed by atoms with E-state index in [1.807, 2.05) is 6.92 Å². The summed E-state index contributed by atoms with van der Waals surface area (Å²) < 4.78 is 19.0. The van der Waals surface area contributed by atoms with Crippen molar-refractivity contribution in [3.05, 3.63) is 35.6 Å². The third kappa shape index (κ3) is 4.92. The van der Waals surface area contributed by atoms with Gasteiger partial charge in [-0.3, -0.25) is 4.99 Å². The number of guanidine groups is 1. The molecule has 1 aliphatic heterocycles. The lowest BCUT2D eigenvalue weighted by Crippen LogP contribution is -2.71. The van der Waals surface area contributed by atoms with Crippen molar-refractivity contribution in [2.24, 2.45) is 16.3 Å². The van der Waals surface area contributed by atoms with Crippen molar-refractivity contribution < 1.29 is 14.2 Å². The fraction of sp³-hybridized carbons (Fsp3) is 0.650. The molecule has 0 aromatic heterocycles. The summed E-state index contributed by atoms with van der Waals surface area (Å²) >= 11 is 0. The first-order valence-electron chi connectivity index (χ1n) is 9.53. The smallest absolute Gasteiger partial charge is 0.191 e. The summed E-state index contributed by atoms with van der Waals surface area (Å²) in [5, 5.41) is 17.1. The predicted molar refractivity (Wildman–Crippen MR) is 116 cm³/mol. The van der Waals surface area contributed by atoms with Gasteiger partial charge in [-0.15, -0.1) is 24.0 Å². The summed E-state index contributed by atoms with van der Waals surface area (Å²) in [5.74, 6) is 0.899. The number of ether oxygens (including phenoxy) is 1. The van der Waals surface area contributed by atoms with Gasteiger partial charge >= 0.3 is 0 Å². The van der Waals surface area contributed by atoms with Gasteiger partial charge in [0.25, 0.3) is 0 Å². The molecular weight excluding hydrogens is 460 g/mol. The molecule has 7 heteroatoms. The van der Waals surface area contributed by atoms with Crippen molar-refractivity contribution in [2.75, 3.05) is 19.7 Å². The van der Waals surface area contributed by atoms with Crippen LogP contribution < -0.4 is 10.6 Å². The second-order valence-electron chi connectivity index (χ2n) is 7.83. The number of benzene rings is 1. The normalized spacial score (nSPS) is 27.6. The minimum absolute atomic E-state index is 0. The van der Waals surface area contributed by atoms with Crippen molar-refractivity contribution in [3.8, 4) is 0 Å². The van der Waals surface area contributed by atoms with E-state index >= 15 is 0 Å². The quantitative estimate of drug-likeness (QED) is 0.336. The Balaban J connectivity index is 0.00000261. The maximum absolute atomic E-state index is 13.0. The first-order chi connectivity index (χ1) is 12.4. The highest BCUT2D eigenvalue weighted by Crippen LogP contribution is 2.51. The Morgan fingerprint density at radius 3 is 2.74 bits per heavy atom. The minimum Gasteiger partial charge on any atom is -0.386 e. The topological polar surface area (TPSA) is 65.9 Å². The van der Waals surface area contributed by atoms with E-state index in [0.29, 0.717) is 29.6 Å². The van der Waals surface area contributed by atoms with Crippen LogP contribution in [-0.2, 0) is 4.74 Å². The summed E-state index contributed by atoms with van der Waals surface area (Å²) in [7, 11) is 0. The average molecular weight is 491 g/mol. The van der Waals surface area contributed by atoms with Gasteiger partial charge in [0, 0.05) is 30.5 Å². The number of aliphatic imine (C=N–C) groups is 1. The van der Waals surface area contributed by atoms with Crippen molar-refractivity contribution in [1.82, 2.24) is 10.6 Å². The van der Waals surface area contributed by atoms with Crippen molar-refractivity contribution in [3.63, 3.8) is 0 Å². The fourth-order valence-corrected chi connectivity index (χ4v) is 4.25. The Morgan fingerprint density at radius 2 is 2.07 bits per heavy atom. The standard InChI is InChI=1S/C20H30FN3O2.HI/c1-4-22-19(23-12-16(25)13-7-9-14(21)10-8-13)24-17-15-6-5-11-26-18(15)20(17,2)3;/h7-10,15-18,25H,4-6,11-12H2,1-3H3,(H2,22,23,24);1H. The Bertz CT molecular complexity index is 639. The monoisotopic (exact) mass is 491 g/mol. The van der Waals surface area contributed by atoms with E-state index < -0.39 is 6.10 Å². The van der Waals surface area contributed by atoms with Crippen molar-refractivity contribution in [2.45, 2.75) is 51.9 Å². The predicted octanol–water partition coefficient (Wildman–Crippen LogP) is 3.24. The summed E-state index contributed by atoms with van der Waals surface area (Å²) in [6.45, 7) is 8.30. The zero-order valence-corrected chi connectivity index (χ0v) is 18.6. The molecule has 0 amide bonds. The fourth-order valence-electron chi connectivity index (χ4n) is 4.25. The van der Waals surface area contributed by atoms with E-state index in [2.05, 4.69) is 29.5 Å². The molecule has 3 N–H and O–H groups in total. The van der Waals surface area contributed by atoms with Crippen LogP contribution in [0.3, 0.4) is 0 Å². The van der Waals surface area contributed by atoms with E-state index in [-0.39, 0.29) is 41.8 Å². The van der Waals surface area contributed by atoms with E-state index in [4.69, 9.17) is 4.74 Å². The molecule has 1 aromatic carbocycles. The third-order valence-electron chi connectivity index (χ3n) is 5.64. The molecule has 2 aliphatic rings. The lowest BCUT2D eigenvalue weighted by Gasteiger charge is -2.60. The highest BCUT2D eigenvalue weighted by Gasteiger charge is 2.58. The third-order valence-corrected chi connectivity index (χ3v) is 5.64. The first kappa shape index (κ1) is 22.4. The number of rotatable bonds is 5. The number of hydrogen-bond donors (Lipinski definition) is 3. The Labute approximate surface area is 178 Å². The number of halogens is 2. The van der Waals surface area contributed by atoms with Crippen molar-refractivity contribution >= 4 is 29.9 Å². The summed E-state index contributed by atoms with van der Waals surface area (Å²) in [4.78, 5) is 4.55. The van der Waals surface area contributed by atoms with Crippen LogP contribution in [0.5, 0.6) is 0 Å². The minimum atomic E-state index is -0.758. The van der Waals surface area contributed by atoms with Gasteiger partial charge in [0.1, 0.15) is 5.82 Å². The van der Waals surface area contributed by atoms with Gasteiger partial charge in [0.15, 0.2) is 5.96 Å². The number of aliphatic hydroxyl groups is 1. The number of aliphatic hydroxyl groups excluding tert-OH is 1. The highest BCUT2D eigenvalue weighted by atomic mass is 127. The number of fused-ring (bicyclic) bond motifs is 1. The molecule has 4 unspecified atom stereocenters. The summed E-state index contributed by atoms with van der Waals surface area (Å²) in [5.41, 5.74) is 0.715. The molecule has 1 aliphatic carbocycles. The zero-order chi connectivity index (χ0) is 18.7. The maximum atomic E-state index is 13.0. The van der Waals surface area contributed by atoms with Crippen LogP contribution in [-0.4, -0.2) is 42.9 Å². The highest BCUT2D eigenvalue weighted by molar-refractivity contribution is 14.0. The molecule has 1 heterocycles. The van der Waals surface area contributed by atoms with Gasteiger partial charge in [-0.05, 0) is 37.5 Å². The molecule has 27 heavy (non-hydrogen) atoms. The largest absolute Gasteiger partial charge is 0.386 e. The lowest BCUT2D eigenvalue weighted by molar-refractivity contribution is -0.188. The van der Waals surface area contributed by atoms with E-state index in [1.54, 1.807) is 12.1 Å². The molecular formula is C20H31FIN3O2. The molecule has 4 atom stereocenters. The van der Waals surface area contributed by atoms with E-state index in [0.717, 1.165) is 19.6 Å². The van der Waals surface area contributed by atoms with Crippen LogP contribution in [0, 0.1) is 17.2 Å². The lowest BCUT2D eigenvalue weighted by atomic mass is 9.55. The van der Waals surface area contributed by atoms with Gasteiger partial charge in [-0.1, -0.05) is 26.0 Å². The van der Waals surface area contributed by atoms with Gasteiger partial charge in [0.2, 0.25) is 0 Å². The molecule has 0 spiro atoms. The number of hydrogen-bond acceptors (Lipinski definition) is 3. The Morgan fingerprint density at radius 1 is 1.37 bits per heavy atom. The van der Waals surface area contributed by atoms with Crippen molar-refractivity contribution in [1.29, 1.82) is 0 Å². The first-order valence-corrected chi connectivity index (χ1v) is 9.53. The maximum Gasteiger partial charge on any atom is 0.191 e. The number of nitrogens with one attached hydrogen (secondary N) is 2. The second-order valence-corrected chi connectivity index (χ2v) is 7.83. The Hall–Kier alpha value is -0.930. The molecule has 0 radical (unpaired) electrons. The molecule has 0 bridgehead atoms. The molecule has 1 saturated carbocycles. The molecule has 3 rings (SSSR count). The summed E-state index contributed by atoms with van der Waals surface area (Å²) in [6, 6.07) is 6.19. The van der Waals surface area contributed by atoms with Gasteiger partial charge in [-0.25, -0.2) is 4.39 Å². The second kappa shape index (κ2) is 9.52. The van der Waals surface area contributed by atoms with Crippen LogP contribution in [0.15, 0.2) is 29.3 Å². The van der Waals surface area contributed by atoms with Gasteiger partial charge in [0.05, 0.1) is 18.8 Å². The zero-order valence-electron chi connectivity index (χ0n) is 16.2. The Kier molecular flexibility index (Phi) is 7.88. The molecule has 5 nitrogen and oxygen atoms in total.